The third kappa shape index (κ3) is 4.60. The van der Waals surface area contributed by atoms with E-state index < -0.39 is 0 Å². The number of carbonyl (C=O) groups is 1. The van der Waals surface area contributed by atoms with Gasteiger partial charge in [0.25, 0.3) is 0 Å². The summed E-state index contributed by atoms with van der Waals surface area (Å²) in [6, 6.07) is 18.6. The Bertz CT molecular complexity index is 694. The molecule has 0 aromatic heterocycles. The monoisotopic (exact) mass is 338 g/mol. The van der Waals surface area contributed by atoms with Crippen LogP contribution in [-0.2, 0) is 6.54 Å². The summed E-state index contributed by atoms with van der Waals surface area (Å²) in [7, 11) is 1.83. The molecule has 0 radical (unpaired) electrons. The molecule has 0 aliphatic heterocycles. The van der Waals surface area contributed by atoms with Gasteiger partial charge in [-0.3, -0.25) is 0 Å². The number of nitrogens with zero attached hydrogens (tertiary/aromatic N) is 1. The van der Waals surface area contributed by atoms with E-state index in [4.69, 9.17) is 0 Å². The van der Waals surface area contributed by atoms with Crippen LogP contribution < -0.4 is 5.32 Å². The first-order chi connectivity index (χ1) is 12.1. The lowest BCUT2D eigenvalue weighted by molar-refractivity contribution is 0.115. The van der Waals surface area contributed by atoms with E-state index in [1.54, 1.807) is 4.90 Å². The molecule has 2 aromatic rings. The number of aliphatic hydroxyl groups excluding tert-OH is 1. The predicted molar refractivity (Wildman–Crippen MR) is 100 cm³/mol. The number of amides is 2. The molecule has 4 nitrogen and oxygen atoms in total. The molecule has 25 heavy (non-hydrogen) atoms. The van der Waals surface area contributed by atoms with Crippen LogP contribution in [0.5, 0.6) is 0 Å². The van der Waals surface area contributed by atoms with Crippen LogP contribution in [0.15, 0.2) is 54.6 Å². The minimum absolute atomic E-state index is 0.0516. The minimum atomic E-state index is -0.205. The molecule has 0 atom stereocenters. The largest absolute Gasteiger partial charge is 0.393 e. The number of carbonyl (C=O) groups excluding carboxylic acids is 1. The van der Waals surface area contributed by atoms with Crippen LogP contribution in [0.4, 0.5) is 4.79 Å². The van der Waals surface area contributed by atoms with E-state index in [1.165, 1.54) is 0 Å². The average Bonchev–Trinajstić information content (AvgIpc) is 2.64. The summed E-state index contributed by atoms with van der Waals surface area (Å²) in [6.07, 6.45) is 3.03. The number of nitrogens with one attached hydrogen (secondary N) is 1. The summed E-state index contributed by atoms with van der Waals surface area (Å²) in [6.45, 7) is 0.562. The second kappa shape index (κ2) is 8.17. The zero-order chi connectivity index (χ0) is 17.6. The Morgan fingerprint density at radius 2 is 1.68 bits per heavy atom. The van der Waals surface area contributed by atoms with Crippen LogP contribution in [0.1, 0.15) is 31.2 Å². The fourth-order valence-electron chi connectivity index (χ4n) is 3.39. The molecular weight excluding hydrogens is 312 g/mol. The molecule has 3 rings (SSSR count). The van der Waals surface area contributed by atoms with Gasteiger partial charge < -0.3 is 15.3 Å². The second-order valence-electron chi connectivity index (χ2n) is 6.83. The van der Waals surface area contributed by atoms with Crippen LogP contribution >= 0.6 is 0 Å². The molecule has 1 fully saturated rings. The van der Waals surface area contributed by atoms with Gasteiger partial charge in [-0.2, -0.15) is 0 Å². The zero-order valence-electron chi connectivity index (χ0n) is 14.7. The number of hydrogen-bond acceptors (Lipinski definition) is 2. The van der Waals surface area contributed by atoms with Gasteiger partial charge in [0.2, 0.25) is 0 Å². The Balaban J connectivity index is 1.65. The van der Waals surface area contributed by atoms with Crippen LogP contribution in [0.25, 0.3) is 11.1 Å². The highest BCUT2D eigenvalue weighted by Crippen LogP contribution is 2.24. The standard InChI is InChI=1S/C21H26N2O2/c1-23(21(25)22-18-11-13-19(24)14-12-18)15-17-9-5-6-10-20(17)16-7-3-2-4-8-16/h2-10,18-19,24H,11-15H2,1H3,(H,22,25). The predicted octanol–water partition coefficient (Wildman–Crippen LogP) is 3.80. The highest BCUT2D eigenvalue weighted by molar-refractivity contribution is 5.75. The van der Waals surface area contributed by atoms with Gasteiger partial charge in [0, 0.05) is 19.6 Å². The van der Waals surface area contributed by atoms with Gasteiger partial charge in [0.1, 0.15) is 0 Å². The summed E-state index contributed by atoms with van der Waals surface area (Å²) in [4.78, 5) is 14.2. The fourth-order valence-corrected chi connectivity index (χ4v) is 3.39. The SMILES string of the molecule is CN(Cc1ccccc1-c1ccccc1)C(=O)NC1CCC(O)CC1. The van der Waals surface area contributed by atoms with Crippen LogP contribution in [0.2, 0.25) is 0 Å². The lowest BCUT2D eigenvalue weighted by atomic mass is 9.93. The van der Waals surface area contributed by atoms with Crippen molar-refractivity contribution in [2.75, 3.05) is 7.05 Å². The summed E-state index contributed by atoms with van der Waals surface area (Å²) >= 11 is 0. The lowest BCUT2D eigenvalue weighted by Crippen LogP contribution is -2.44. The van der Waals surface area contributed by atoms with Crippen molar-refractivity contribution in [3.8, 4) is 11.1 Å². The first kappa shape index (κ1) is 17.5. The molecule has 4 heteroatoms. The number of hydrogen-bond donors (Lipinski definition) is 2. The molecule has 0 unspecified atom stereocenters. The summed E-state index contributed by atoms with van der Waals surface area (Å²) < 4.78 is 0. The van der Waals surface area contributed by atoms with Crippen molar-refractivity contribution in [1.29, 1.82) is 0 Å². The van der Waals surface area contributed by atoms with Crippen molar-refractivity contribution in [3.63, 3.8) is 0 Å². The summed E-state index contributed by atoms with van der Waals surface area (Å²) in [5.41, 5.74) is 3.45. The normalized spacial score (nSPS) is 20.1. The average molecular weight is 338 g/mol. The highest BCUT2D eigenvalue weighted by atomic mass is 16.3. The van der Waals surface area contributed by atoms with E-state index in [-0.39, 0.29) is 18.2 Å². The lowest BCUT2D eigenvalue weighted by Gasteiger charge is -2.28. The fraction of sp³-hybridized carbons (Fsp3) is 0.381. The first-order valence-electron chi connectivity index (χ1n) is 8.96. The maximum absolute atomic E-state index is 12.5. The third-order valence-corrected chi connectivity index (χ3v) is 4.88. The maximum atomic E-state index is 12.5. The summed E-state index contributed by atoms with van der Waals surface area (Å²) in [5.74, 6) is 0. The molecule has 0 spiro atoms. The third-order valence-electron chi connectivity index (χ3n) is 4.88. The van der Waals surface area contributed by atoms with Crippen molar-refractivity contribution in [2.24, 2.45) is 0 Å². The minimum Gasteiger partial charge on any atom is -0.393 e. The molecule has 1 aliphatic rings. The van der Waals surface area contributed by atoms with E-state index in [0.29, 0.717) is 6.54 Å². The number of urea groups is 1. The molecule has 2 amide bonds. The van der Waals surface area contributed by atoms with E-state index in [9.17, 15) is 9.90 Å². The van der Waals surface area contributed by atoms with E-state index in [2.05, 4.69) is 29.6 Å². The Hall–Kier alpha value is -2.33. The van der Waals surface area contributed by atoms with Gasteiger partial charge in [-0.25, -0.2) is 4.79 Å². The zero-order valence-corrected chi connectivity index (χ0v) is 14.7. The Labute approximate surface area is 149 Å². The van der Waals surface area contributed by atoms with Crippen molar-refractivity contribution >= 4 is 6.03 Å². The Kier molecular flexibility index (Phi) is 5.71. The van der Waals surface area contributed by atoms with Crippen molar-refractivity contribution in [2.45, 2.75) is 44.4 Å². The van der Waals surface area contributed by atoms with Gasteiger partial charge in [0.05, 0.1) is 6.10 Å². The topological polar surface area (TPSA) is 52.6 Å². The molecule has 0 bridgehead atoms. The molecule has 1 saturated carbocycles. The molecule has 0 saturated heterocycles. The molecular formula is C21H26N2O2. The maximum Gasteiger partial charge on any atom is 0.317 e. The van der Waals surface area contributed by atoms with Crippen molar-refractivity contribution in [3.05, 3.63) is 60.2 Å². The number of rotatable bonds is 4. The second-order valence-corrected chi connectivity index (χ2v) is 6.83. The van der Waals surface area contributed by atoms with Crippen molar-refractivity contribution < 1.29 is 9.90 Å². The van der Waals surface area contributed by atoms with E-state index >= 15 is 0 Å². The van der Waals surface area contributed by atoms with Gasteiger partial charge >= 0.3 is 6.03 Å². The molecule has 2 aromatic carbocycles. The summed E-state index contributed by atoms with van der Waals surface area (Å²) in [5, 5.41) is 12.7. The van der Waals surface area contributed by atoms with E-state index in [0.717, 1.165) is 42.4 Å². The van der Waals surface area contributed by atoms with E-state index in [1.807, 2.05) is 37.4 Å². The van der Waals surface area contributed by atoms with Crippen molar-refractivity contribution in [1.82, 2.24) is 10.2 Å². The quantitative estimate of drug-likeness (QED) is 0.891. The van der Waals surface area contributed by atoms with Gasteiger partial charge in [-0.1, -0.05) is 54.6 Å². The number of benzene rings is 2. The van der Waals surface area contributed by atoms with Crippen LogP contribution in [0, 0.1) is 0 Å². The Morgan fingerprint density at radius 1 is 1.04 bits per heavy atom. The first-order valence-corrected chi connectivity index (χ1v) is 8.96. The van der Waals surface area contributed by atoms with Gasteiger partial charge in [-0.15, -0.1) is 0 Å². The molecule has 0 heterocycles. The molecule has 1 aliphatic carbocycles. The number of aliphatic hydroxyl groups is 1. The van der Waals surface area contributed by atoms with Gasteiger partial charge in [-0.05, 0) is 42.4 Å². The van der Waals surface area contributed by atoms with Crippen LogP contribution in [0.3, 0.4) is 0 Å². The molecule has 132 valence electrons. The Morgan fingerprint density at radius 3 is 2.40 bits per heavy atom. The smallest absolute Gasteiger partial charge is 0.317 e. The molecule has 2 N–H and O–H groups in total. The van der Waals surface area contributed by atoms with Gasteiger partial charge in [0.15, 0.2) is 0 Å². The highest BCUT2D eigenvalue weighted by Gasteiger charge is 2.22. The van der Waals surface area contributed by atoms with Crippen LogP contribution in [-0.4, -0.2) is 35.2 Å².